The summed E-state index contributed by atoms with van der Waals surface area (Å²) in [7, 11) is 3.55. The van der Waals surface area contributed by atoms with E-state index >= 15 is 0 Å². The van der Waals surface area contributed by atoms with E-state index in [1.54, 1.807) is 12.1 Å². The third-order valence-electron chi connectivity index (χ3n) is 3.49. The fourth-order valence-electron chi connectivity index (χ4n) is 2.47. The van der Waals surface area contributed by atoms with Gasteiger partial charge in [0.1, 0.15) is 0 Å². The number of aromatic hydroxyl groups is 1. The zero-order valence-electron chi connectivity index (χ0n) is 12.8. The Morgan fingerprint density at radius 2 is 1.90 bits per heavy atom. The van der Waals surface area contributed by atoms with Crippen LogP contribution in [0.25, 0.3) is 0 Å². The molecule has 0 aromatic heterocycles. The van der Waals surface area contributed by atoms with Crippen LogP contribution in [0.4, 0.5) is 5.69 Å². The molecule has 2 rings (SSSR count). The molecule has 0 aliphatic carbocycles. The molecular formula is C17H20ClNO2. The van der Waals surface area contributed by atoms with E-state index in [0.717, 1.165) is 5.56 Å². The highest BCUT2D eigenvalue weighted by Crippen LogP contribution is 2.35. The average Bonchev–Trinajstić information content (AvgIpc) is 2.42. The highest BCUT2D eigenvalue weighted by Gasteiger charge is 2.11. The van der Waals surface area contributed by atoms with Gasteiger partial charge in [-0.15, -0.1) is 0 Å². The lowest BCUT2D eigenvalue weighted by molar-refractivity contribution is 0.373. The summed E-state index contributed by atoms with van der Waals surface area (Å²) >= 11 is 6.03. The predicted molar refractivity (Wildman–Crippen MR) is 87.7 cm³/mol. The largest absolute Gasteiger partial charge is 0.503 e. The van der Waals surface area contributed by atoms with Crippen molar-refractivity contribution in [3.8, 4) is 11.5 Å². The number of rotatable bonds is 4. The molecule has 0 saturated carbocycles. The predicted octanol–water partition coefficient (Wildman–Crippen LogP) is 4.31. The molecule has 3 nitrogen and oxygen atoms in total. The van der Waals surface area contributed by atoms with Gasteiger partial charge in [-0.2, -0.15) is 0 Å². The van der Waals surface area contributed by atoms with E-state index in [9.17, 15) is 5.11 Å². The Morgan fingerprint density at radius 3 is 2.52 bits per heavy atom. The first kappa shape index (κ1) is 15.5. The van der Waals surface area contributed by atoms with Gasteiger partial charge in [-0.1, -0.05) is 29.3 Å². The number of hydrogen-bond acceptors (Lipinski definition) is 3. The molecule has 0 fully saturated rings. The second-order valence-corrected chi connectivity index (χ2v) is 5.68. The molecule has 1 N–H and O–H groups in total. The minimum absolute atomic E-state index is 0.0166. The fourth-order valence-corrected chi connectivity index (χ4v) is 2.70. The monoisotopic (exact) mass is 305 g/mol. The molecule has 0 bridgehead atoms. The van der Waals surface area contributed by atoms with Gasteiger partial charge in [0.05, 0.1) is 12.1 Å². The van der Waals surface area contributed by atoms with Crippen LogP contribution in [0.2, 0.25) is 5.02 Å². The van der Waals surface area contributed by atoms with Crippen LogP contribution in [0.1, 0.15) is 16.7 Å². The van der Waals surface area contributed by atoms with Crippen LogP contribution in [-0.2, 0) is 6.54 Å². The molecular weight excluding hydrogens is 286 g/mol. The van der Waals surface area contributed by atoms with E-state index in [2.05, 4.69) is 36.9 Å². The first-order chi connectivity index (χ1) is 9.92. The summed E-state index contributed by atoms with van der Waals surface area (Å²) in [6.45, 7) is 4.87. The van der Waals surface area contributed by atoms with Crippen molar-refractivity contribution in [2.45, 2.75) is 20.4 Å². The third kappa shape index (κ3) is 3.42. The Hall–Kier alpha value is -1.87. The van der Waals surface area contributed by atoms with Crippen LogP contribution in [0.3, 0.4) is 0 Å². The molecule has 21 heavy (non-hydrogen) atoms. The Bertz CT molecular complexity index is 655. The van der Waals surface area contributed by atoms with Crippen LogP contribution >= 0.6 is 11.6 Å². The van der Waals surface area contributed by atoms with E-state index in [-0.39, 0.29) is 5.75 Å². The summed E-state index contributed by atoms with van der Waals surface area (Å²) in [6.07, 6.45) is 0. The highest BCUT2D eigenvalue weighted by molar-refractivity contribution is 6.32. The Morgan fingerprint density at radius 1 is 1.19 bits per heavy atom. The summed E-state index contributed by atoms with van der Waals surface area (Å²) in [5.74, 6) is 0.378. The number of nitrogens with zero attached hydrogens (tertiary/aromatic N) is 1. The van der Waals surface area contributed by atoms with Crippen LogP contribution in [-0.4, -0.2) is 19.3 Å². The molecule has 0 unspecified atom stereocenters. The van der Waals surface area contributed by atoms with Gasteiger partial charge in [-0.25, -0.2) is 0 Å². The Balaban J connectivity index is 2.27. The van der Waals surface area contributed by atoms with Gasteiger partial charge in [0.2, 0.25) is 0 Å². The van der Waals surface area contributed by atoms with E-state index in [1.165, 1.54) is 23.9 Å². The SMILES string of the molecule is COc1cc(CN(C)c2ccc(C)cc2C)cc(Cl)c1O. The maximum atomic E-state index is 9.78. The molecule has 0 atom stereocenters. The second-order valence-electron chi connectivity index (χ2n) is 5.27. The van der Waals surface area contributed by atoms with Crippen molar-refractivity contribution >= 4 is 17.3 Å². The molecule has 0 amide bonds. The fraction of sp³-hybridized carbons (Fsp3) is 0.294. The molecule has 0 spiro atoms. The third-order valence-corrected chi connectivity index (χ3v) is 3.78. The lowest BCUT2D eigenvalue weighted by Crippen LogP contribution is -2.17. The zero-order chi connectivity index (χ0) is 15.6. The topological polar surface area (TPSA) is 32.7 Å². The molecule has 112 valence electrons. The average molecular weight is 306 g/mol. The van der Waals surface area contributed by atoms with Crippen LogP contribution in [0.15, 0.2) is 30.3 Å². The zero-order valence-corrected chi connectivity index (χ0v) is 13.5. The van der Waals surface area contributed by atoms with E-state index in [4.69, 9.17) is 16.3 Å². The first-order valence-electron chi connectivity index (χ1n) is 6.76. The van der Waals surface area contributed by atoms with Gasteiger partial charge >= 0.3 is 0 Å². The summed E-state index contributed by atoms with van der Waals surface area (Å²) < 4.78 is 5.14. The number of hydrogen-bond donors (Lipinski definition) is 1. The summed E-state index contributed by atoms with van der Waals surface area (Å²) in [6, 6.07) is 9.95. The smallest absolute Gasteiger partial charge is 0.176 e. The van der Waals surface area contributed by atoms with Crippen molar-refractivity contribution in [3.63, 3.8) is 0 Å². The van der Waals surface area contributed by atoms with Crippen LogP contribution < -0.4 is 9.64 Å². The van der Waals surface area contributed by atoms with Crippen molar-refractivity contribution in [2.75, 3.05) is 19.1 Å². The minimum atomic E-state index is -0.0166. The van der Waals surface area contributed by atoms with Gasteiger partial charge in [0.15, 0.2) is 11.5 Å². The van der Waals surface area contributed by atoms with E-state index < -0.39 is 0 Å². The standard InChI is InChI=1S/C17H20ClNO2/c1-11-5-6-15(12(2)7-11)19(3)10-13-8-14(18)17(20)16(9-13)21-4/h5-9,20H,10H2,1-4H3. The van der Waals surface area contributed by atoms with Crippen molar-refractivity contribution < 1.29 is 9.84 Å². The molecule has 2 aromatic rings. The van der Waals surface area contributed by atoms with Crippen molar-refractivity contribution in [3.05, 3.63) is 52.0 Å². The van der Waals surface area contributed by atoms with Crippen LogP contribution in [0, 0.1) is 13.8 Å². The summed E-state index contributed by atoms with van der Waals surface area (Å²) in [5.41, 5.74) is 4.63. The Labute approximate surface area is 130 Å². The molecule has 2 aromatic carbocycles. The van der Waals surface area contributed by atoms with Gasteiger partial charge in [0.25, 0.3) is 0 Å². The Kier molecular flexibility index (Phi) is 4.63. The minimum Gasteiger partial charge on any atom is -0.503 e. The molecule has 0 aliphatic rings. The lowest BCUT2D eigenvalue weighted by Gasteiger charge is -2.22. The number of halogens is 1. The van der Waals surface area contributed by atoms with Gasteiger partial charge in [-0.05, 0) is 43.2 Å². The summed E-state index contributed by atoms with van der Waals surface area (Å²) in [4.78, 5) is 2.15. The number of methoxy groups -OCH3 is 1. The normalized spacial score (nSPS) is 10.5. The molecule has 0 aliphatic heterocycles. The van der Waals surface area contributed by atoms with Gasteiger partial charge in [-0.3, -0.25) is 0 Å². The van der Waals surface area contributed by atoms with E-state index in [0.29, 0.717) is 17.3 Å². The quantitative estimate of drug-likeness (QED) is 0.913. The molecule has 4 heteroatoms. The van der Waals surface area contributed by atoms with Gasteiger partial charge in [0, 0.05) is 19.3 Å². The number of ether oxygens (including phenoxy) is 1. The lowest BCUT2D eigenvalue weighted by atomic mass is 10.1. The molecule has 0 radical (unpaired) electrons. The van der Waals surface area contributed by atoms with Gasteiger partial charge < -0.3 is 14.7 Å². The van der Waals surface area contributed by atoms with Crippen molar-refractivity contribution in [2.24, 2.45) is 0 Å². The number of anilines is 1. The highest BCUT2D eigenvalue weighted by atomic mass is 35.5. The number of aryl methyl sites for hydroxylation is 2. The van der Waals surface area contributed by atoms with Crippen LogP contribution in [0.5, 0.6) is 11.5 Å². The maximum absolute atomic E-state index is 9.78. The van der Waals surface area contributed by atoms with E-state index in [1.807, 2.05) is 7.05 Å². The number of phenols is 1. The molecule has 0 heterocycles. The van der Waals surface area contributed by atoms with Crippen molar-refractivity contribution in [1.29, 1.82) is 0 Å². The number of benzene rings is 2. The molecule has 0 saturated heterocycles. The number of phenolic OH excluding ortho intramolecular Hbond substituents is 1. The first-order valence-corrected chi connectivity index (χ1v) is 7.14. The second kappa shape index (κ2) is 6.27. The summed E-state index contributed by atoms with van der Waals surface area (Å²) in [5, 5.41) is 10.1. The van der Waals surface area contributed by atoms with Crippen molar-refractivity contribution in [1.82, 2.24) is 0 Å². The maximum Gasteiger partial charge on any atom is 0.176 e.